The molecule has 37 heavy (non-hydrogen) atoms. The van der Waals surface area contributed by atoms with Crippen LogP contribution in [0.25, 0.3) is 0 Å². The number of thiazole rings is 1. The quantitative estimate of drug-likeness (QED) is 0.126. The standard InChI is InChI=1S/C19H20N8O6S4/c1-3-26(10-7-35-17(20)22-10)19(32)33-21-4-11(28)23-12-14(29)27-13(16(30)31)9(5-34-15(12)27)6-36-18-25-24-8(2)37-18/h4,7,12,15H,3,5-6H2,1-2H3,(H2,20,22)(H,23,28)(H,30,31)/b21-4+. The Morgan fingerprint density at radius 2 is 2.22 bits per heavy atom. The maximum absolute atomic E-state index is 12.8. The number of hydrogen-bond donors (Lipinski definition) is 3. The van der Waals surface area contributed by atoms with Crippen LogP contribution in [0.1, 0.15) is 11.9 Å². The minimum atomic E-state index is -1.22. The summed E-state index contributed by atoms with van der Waals surface area (Å²) in [5.41, 5.74) is 6.08. The van der Waals surface area contributed by atoms with E-state index in [9.17, 15) is 24.3 Å². The fourth-order valence-corrected chi connectivity index (χ4v) is 7.28. The van der Waals surface area contributed by atoms with Crippen LogP contribution in [0.4, 0.5) is 15.7 Å². The number of anilines is 2. The summed E-state index contributed by atoms with van der Waals surface area (Å²) in [7, 11) is 0. The van der Waals surface area contributed by atoms with Crippen LogP contribution in [-0.4, -0.2) is 84.7 Å². The SMILES string of the molecule is CCN(C(=O)O/N=C/C(=O)NC1C(=O)N2C(C(=O)O)=C(CSc3nnc(C)s3)CSC12)c1csc(N)n1. The van der Waals surface area contributed by atoms with Gasteiger partial charge in [0.05, 0.1) is 0 Å². The van der Waals surface area contributed by atoms with E-state index in [1.807, 2.05) is 6.92 Å². The highest BCUT2D eigenvalue weighted by Crippen LogP contribution is 2.41. The van der Waals surface area contributed by atoms with Crippen molar-refractivity contribution in [3.05, 3.63) is 21.7 Å². The van der Waals surface area contributed by atoms with Gasteiger partial charge in [0, 0.05) is 23.4 Å². The van der Waals surface area contributed by atoms with Crippen molar-refractivity contribution < 1.29 is 29.1 Å². The smallest absolute Gasteiger partial charge is 0.441 e. The van der Waals surface area contributed by atoms with Gasteiger partial charge in [0.25, 0.3) is 11.8 Å². The lowest BCUT2D eigenvalue weighted by atomic mass is 10.0. The lowest BCUT2D eigenvalue weighted by molar-refractivity contribution is -0.150. The van der Waals surface area contributed by atoms with Crippen LogP contribution in [0.3, 0.4) is 0 Å². The summed E-state index contributed by atoms with van der Waals surface area (Å²) >= 11 is 5.25. The van der Waals surface area contributed by atoms with E-state index in [1.54, 1.807) is 12.3 Å². The van der Waals surface area contributed by atoms with E-state index in [0.29, 0.717) is 27.2 Å². The predicted octanol–water partition coefficient (Wildman–Crippen LogP) is 1.36. The summed E-state index contributed by atoms with van der Waals surface area (Å²) in [6.45, 7) is 3.76. The van der Waals surface area contributed by atoms with Crippen molar-refractivity contribution in [2.45, 2.75) is 29.6 Å². The topological polar surface area (TPSA) is 193 Å². The number of fused-ring (bicyclic) bond motifs is 1. The second-order valence-electron chi connectivity index (χ2n) is 7.41. The number of carboxylic acids is 1. The highest BCUT2D eigenvalue weighted by molar-refractivity contribution is 8.01. The van der Waals surface area contributed by atoms with Gasteiger partial charge >= 0.3 is 12.1 Å². The van der Waals surface area contributed by atoms with Gasteiger partial charge in [0.2, 0.25) is 0 Å². The number of nitrogens with two attached hydrogens (primary N) is 1. The number of aromatic nitrogens is 3. The number of carbonyl (C=O) groups is 4. The van der Waals surface area contributed by atoms with Crippen molar-refractivity contribution in [1.82, 2.24) is 25.4 Å². The number of carboxylic acid groups (broad SMARTS) is 1. The molecule has 2 aromatic rings. The number of hydrogen-bond acceptors (Lipinski definition) is 14. The zero-order valence-electron chi connectivity index (χ0n) is 19.3. The molecule has 2 unspecified atom stereocenters. The van der Waals surface area contributed by atoms with Gasteiger partial charge in [-0.3, -0.25) is 24.2 Å². The number of thioether (sulfide) groups is 2. The number of rotatable bonds is 9. The molecule has 196 valence electrons. The Kier molecular flexibility index (Phi) is 8.30. The summed E-state index contributed by atoms with van der Waals surface area (Å²) in [6.07, 6.45) is -0.138. The third-order valence-electron chi connectivity index (χ3n) is 5.05. The number of nitrogen functional groups attached to an aromatic ring is 1. The first kappa shape index (κ1) is 26.8. The molecule has 0 saturated carbocycles. The van der Waals surface area contributed by atoms with Gasteiger partial charge in [-0.15, -0.1) is 33.3 Å². The normalized spacial score (nSPS) is 19.0. The molecular weight excluding hydrogens is 565 g/mol. The highest BCUT2D eigenvalue weighted by Gasteiger charge is 2.54. The molecule has 2 aromatic heterocycles. The van der Waals surface area contributed by atoms with Gasteiger partial charge in [-0.05, 0) is 19.4 Å². The van der Waals surface area contributed by atoms with Gasteiger partial charge in [0.1, 0.15) is 28.3 Å². The van der Waals surface area contributed by atoms with Crippen LogP contribution in [0.5, 0.6) is 0 Å². The van der Waals surface area contributed by atoms with Crippen LogP contribution in [0.15, 0.2) is 26.1 Å². The second-order valence-corrected chi connectivity index (χ2v) is 11.8. The molecule has 0 radical (unpaired) electrons. The number of nitrogens with zero attached hydrogens (tertiary/aromatic N) is 6. The molecule has 4 N–H and O–H groups in total. The van der Waals surface area contributed by atoms with E-state index < -0.39 is 35.3 Å². The average molecular weight is 585 g/mol. The van der Waals surface area contributed by atoms with Crippen molar-refractivity contribution in [3.8, 4) is 0 Å². The van der Waals surface area contributed by atoms with Gasteiger partial charge in [-0.25, -0.2) is 14.6 Å². The molecule has 0 aromatic carbocycles. The molecule has 0 aliphatic carbocycles. The Bertz CT molecular complexity index is 1290. The number of carbonyl (C=O) groups excluding carboxylic acids is 3. The third-order valence-corrected chi connectivity index (χ3v) is 9.11. The Labute approximate surface area is 226 Å². The summed E-state index contributed by atoms with van der Waals surface area (Å²) in [5.74, 6) is -1.54. The number of β-lactam (4-membered cyclic amide) rings is 1. The first-order valence-electron chi connectivity index (χ1n) is 10.6. The molecule has 1 saturated heterocycles. The zero-order chi connectivity index (χ0) is 26.7. The third kappa shape index (κ3) is 5.86. The monoisotopic (exact) mass is 584 g/mol. The van der Waals surface area contributed by atoms with Crippen molar-refractivity contribution in [2.24, 2.45) is 5.16 Å². The predicted molar refractivity (Wildman–Crippen MR) is 140 cm³/mol. The van der Waals surface area contributed by atoms with E-state index in [-0.39, 0.29) is 17.4 Å². The minimum absolute atomic E-state index is 0.0853. The van der Waals surface area contributed by atoms with Crippen LogP contribution >= 0.6 is 46.2 Å². The maximum atomic E-state index is 12.8. The van der Waals surface area contributed by atoms with Crippen LogP contribution in [0.2, 0.25) is 0 Å². The van der Waals surface area contributed by atoms with E-state index in [0.717, 1.165) is 22.6 Å². The summed E-state index contributed by atoms with van der Waals surface area (Å²) in [5, 5.41) is 25.7. The van der Waals surface area contributed by atoms with E-state index in [1.165, 1.54) is 44.7 Å². The molecule has 2 atom stereocenters. The second kappa shape index (κ2) is 11.4. The molecule has 2 aliphatic rings. The summed E-state index contributed by atoms with van der Waals surface area (Å²) < 4.78 is 0.708. The Hall–Kier alpha value is -3.22. The van der Waals surface area contributed by atoms with E-state index >= 15 is 0 Å². The molecule has 3 amide bonds. The lowest BCUT2D eigenvalue weighted by Gasteiger charge is -2.49. The van der Waals surface area contributed by atoms with E-state index in [4.69, 9.17) is 10.6 Å². The van der Waals surface area contributed by atoms with Gasteiger partial charge in [-0.1, -0.05) is 28.3 Å². The fourth-order valence-electron chi connectivity index (χ4n) is 3.43. The first-order valence-corrected chi connectivity index (χ1v) is 14.3. The lowest BCUT2D eigenvalue weighted by Crippen LogP contribution is -2.70. The highest BCUT2D eigenvalue weighted by atomic mass is 32.2. The Morgan fingerprint density at radius 3 is 2.84 bits per heavy atom. The van der Waals surface area contributed by atoms with Crippen LogP contribution in [0, 0.1) is 6.92 Å². The molecule has 14 nitrogen and oxygen atoms in total. The number of oxime groups is 1. The molecule has 0 bridgehead atoms. The van der Waals surface area contributed by atoms with Crippen molar-refractivity contribution in [1.29, 1.82) is 0 Å². The molecule has 1 fully saturated rings. The van der Waals surface area contributed by atoms with Crippen molar-refractivity contribution >= 4 is 87.2 Å². The molecule has 18 heteroatoms. The van der Waals surface area contributed by atoms with Crippen molar-refractivity contribution in [3.63, 3.8) is 0 Å². The Balaban J connectivity index is 1.33. The number of aryl methyl sites for hydroxylation is 1. The van der Waals surface area contributed by atoms with Gasteiger partial charge < -0.3 is 16.2 Å². The zero-order valence-corrected chi connectivity index (χ0v) is 22.6. The maximum Gasteiger partial charge on any atom is 0.441 e. The molecule has 2 aliphatic heterocycles. The summed E-state index contributed by atoms with van der Waals surface area (Å²) in [6, 6.07) is -0.945. The number of nitrogens with one attached hydrogen (secondary N) is 1. The number of amides is 3. The Morgan fingerprint density at radius 1 is 1.43 bits per heavy atom. The largest absolute Gasteiger partial charge is 0.477 e. The molecule has 0 spiro atoms. The summed E-state index contributed by atoms with van der Waals surface area (Å²) in [4.78, 5) is 60.3. The van der Waals surface area contributed by atoms with Gasteiger partial charge in [0.15, 0.2) is 15.3 Å². The van der Waals surface area contributed by atoms with E-state index in [2.05, 4.69) is 25.7 Å². The molecule has 4 rings (SSSR count). The number of aliphatic carboxylic acids is 1. The fraction of sp³-hybridized carbons (Fsp3) is 0.368. The molecule has 4 heterocycles. The van der Waals surface area contributed by atoms with Crippen molar-refractivity contribution in [2.75, 3.05) is 28.7 Å². The van der Waals surface area contributed by atoms with Crippen LogP contribution < -0.4 is 16.0 Å². The van der Waals surface area contributed by atoms with Gasteiger partial charge in [-0.2, -0.15) is 0 Å². The molecular formula is C19H20N8O6S4. The van der Waals surface area contributed by atoms with Crippen LogP contribution in [-0.2, 0) is 19.2 Å². The first-order chi connectivity index (χ1) is 17.7. The minimum Gasteiger partial charge on any atom is -0.477 e. The average Bonchev–Trinajstić information content (AvgIpc) is 3.48.